The van der Waals surface area contributed by atoms with Gasteiger partial charge < -0.3 is 11.1 Å². The Morgan fingerprint density at radius 3 is 2.61 bits per heavy atom. The number of nitro groups is 1. The summed E-state index contributed by atoms with van der Waals surface area (Å²) in [5.74, 6) is 0.495. The molecule has 0 spiro atoms. The Kier molecular flexibility index (Phi) is 5.09. The lowest BCUT2D eigenvalue weighted by Crippen LogP contribution is -2.30. The van der Waals surface area contributed by atoms with Gasteiger partial charge >= 0.3 is 0 Å². The van der Waals surface area contributed by atoms with Crippen molar-refractivity contribution in [2.45, 2.75) is 33.2 Å². The summed E-state index contributed by atoms with van der Waals surface area (Å²) < 4.78 is 0. The Morgan fingerprint density at radius 2 is 2.11 bits per heavy atom. The number of anilines is 1. The topological polar surface area (TPSA) is 81.2 Å². The van der Waals surface area contributed by atoms with Crippen molar-refractivity contribution in [3.63, 3.8) is 0 Å². The first-order valence-corrected chi connectivity index (χ1v) is 6.15. The minimum absolute atomic E-state index is 0.0606. The number of hydrogen-bond donors (Lipinski definition) is 2. The van der Waals surface area contributed by atoms with E-state index in [0.29, 0.717) is 18.2 Å². The van der Waals surface area contributed by atoms with Crippen LogP contribution in [0.2, 0.25) is 0 Å². The minimum Gasteiger partial charge on any atom is -0.375 e. The lowest BCUT2D eigenvalue weighted by atomic mass is 10.0. The number of nitrogens with one attached hydrogen (secondary N) is 1. The van der Waals surface area contributed by atoms with Gasteiger partial charge in [-0.2, -0.15) is 0 Å². The molecule has 0 aromatic heterocycles. The van der Waals surface area contributed by atoms with E-state index in [1.807, 2.05) is 6.92 Å². The average Bonchev–Trinajstić information content (AvgIpc) is 2.27. The van der Waals surface area contributed by atoms with Gasteiger partial charge in [0, 0.05) is 18.7 Å². The molecular formula is C13H21N3O2. The zero-order valence-corrected chi connectivity index (χ0v) is 11.1. The van der Waals surface area contributed by atoms with Gasteiger partial charge in [0.15, 0.2) is 0 Å². The molecule has 0 saturated carbocycles. The summed E-state index contributed by atoms with van der Waals surface area (Å²) in [6, 6.07) is 5.12. The normalized spacial score (nSPS) is 12.5. The quantitative estimate of drug-likeness (QED) is 0.601. The molecule has 0 saturated heterocycles. The molecule has 0 fully saturated rings. The van der Waals surface area contributed by atoms with E-state index in [9.17, 15) is 10.1 Å². The number of nitro benzene ring substituents is 1. The molecule has 18 heavy (non-hydrogen) atoms. The Labute approximate surface area is 108 Å². The zero-order chi connectivity index (χ0) is 13.7. The highest BCUT2D eigenvalue weighted by Gasteiger charge is 2.17. The number of nitrogens with zero attached hydrogens (tertiary/aromatic N) is 1. The fourth-order valence-corrected chi connectivity index (χ4v) is 1.93. The van der Waals surface area contributed by atoms with Gasteiger partial charge in [0.2, 0.25) is 0 Å². The Balaban J connectivity index is 2.93. The van der Waals surface area contributed by atoms with E-state index >= 15 is 0 Å². The van der Waals surface area contributed by atoms with Gasteiger partial charge in [0.05, 0.1) is 4.92 Å². The van der Waals surface area contributed by atoms with E-state index in [4.69, 9.17) is 5.73 Å². The van der Waals surface area contributed by atoms with E-state index in [-0.39, 0.29) is 16.7 Å². The molecule has 1 rings (SSSR count). The molecule has 0 amide bonds. The van der Waals surface area contributed by atoms with Crippen LogP contribution in [-0.4, -0.2) is 17.5 Å². The number of nitrogens with two attached hydrogens (primary N) is 1. The first-order chi connectivity index (χ1) is 8.43. The molecule has 1 aromatic rings. The fourth-order valence-electron chi connectivity index (χ4n) is 1.93. The highest BCUT2D eigenvalue weighted by atomic mass is 16.6. The van der Waals surface area contributed by atoms with Crippen molar-refractivity contribution in [1.82, 2.24) is 0 Å². The van der Waals surface area contributed by atoms with Crippen molar-refractivity contribution in [1.29, 1.82) is 0 Å². The lowest BCUT2D eigenvalue weighted by molar-refractivity contribution is -0.384. The van der Waals surface area contributed by atoms with Crippen LogP contribution in [0.4, 0.5) is 11.4 Å². The Bertz CT molecular complexity index is 419. The molecule has 0 heterocycles. The predicted octanol–water partition coefficient (Wildman–Crippen LogP) is 2.69. The second kappa shape index (κ2) is 6.35. The van der Waals surface area contributed by atoms with Gasteiger partial charge in [-0.05, 0) is 30.9 Å². The van der Waals surface area contributed by atoms with Gasteiger partial charge in [-0.3, -0.25) is 10.1 Å². The third-order valence-electron chi connectivity index (χ3n) is 2.75. The van der Waals surface area contributed by atoms with Crippen molar-refractivity contribution in [3.8, 4) is 0 Å². The van der Waals surface area contributed by atoms with Crippen LogP contribution in [0.1, 0.15) is 25.8 Å². The van der Waals surface area contributed by atoms with Crippen LogP contribution in [0.3, 0.4) is 0 Å². The van der Waals surface area contributed by atoms with Gasteiger partial charge in [0.25, 0.3) is 5.69 Å². The first-order valence-electron chi connectivity index (χ1n) is 6.15. The van der Waals surface area contributed by atoms with E-state index in [1.165, 1.54) is 6.07 Å². The van der Waals surface area contributed by atoms with Crippen LogP contribution < -0.4 is 11.1 Å². The molecule has 5 nitrogen and oxygen atoms in total. The number of aryl methyl sites for hydroxylation is 1. The summed E-state index contributed by atoms with van der Waals surface area (Å²) in [7, 11) is 0. The molecule has 3 N–H and O–H groups in total. The molecule has 1 unspecified atom stereocenters. The predicted molar refractivity (Wildman–Crippen MR) is 73.8 cm³/mol. The van der Waals surface area contributed by atoms with E-state index < -0.39 is 0 Å². The molecule has 5 heteroatoms. The molecule has 0 bridgehead atoms. The van der Waals surface area contributed by atoms with Gasteiger partial charge in [-0.1, -0.05) is 19.9 Å². The van der Waals surface area contributed by atoms with Crippen molar-refractivity contribution < 1.29 is 4.92 Å². The second-order valence-corrected chi connectivity index (χ2v) is 4.98. The fraction of sp³-hybridized carbons (Fsp3) is 0.538. The molecule has 100 valence electrons. The second-order valence-electron chi connectivity index (χ2n) is 4.98. The minimum atomic E-state index is -0.370. The van der Waals surface area contributed by atoms with Crippen LogP contribution in [0.25, 0.3) is 0 Å². The summed E-state index contributed by atoms with van der Waals surface area (Å²) in [6.07, 6.45) is 0.890. The van der Waals surface area contributed by atoms with Gasteiger partial charge in [-0.25, -0.2) is 0 Å². The van der Waals surface area contributed by atoms with Crippen molar-refractivity contribution >= 4 is 11.4 Å². The monoisotopic (exact) mass is 251 g/mol. The van der Waals surface area contributed by atoms with Crippen LogP contribution in [0.15, 0.2) is 18.2 Å². The largest absolute Gasteiger partial charge is 0.375 e. The molecule has 0 aliphatic heterocycles. The maximum atomic E-state index is 11.0. The van der Waals surface area contributed by atoms with Crippen LogP contribution >= 0.6 is 0 Å². The van der Waals surface area contributed by atoms with Crippen molar-refractivity contribution in [2.24, 2.45) is 11.7 Å². The third-order valence-corrected chi connectivity index (χ3v) is 2.75. The number of rotatable bonds is 6. The summed E-state index contributed by atoms with van der Waals surface area (Å²) in [5.41, 5.74) is 7.34. The Hall–Kier alpha value is -1.62. The number of hydrogen-bond acceptors (Lipinski definition) is 4. The maximum absolute atomic E-state index is 11.0. The molecule has 0 aliphatic carbocycles. The summed E-state index contributed by atoms with van der Waals surface area (Å²) in [6.45, 7) is 6.59. The zero-order valence-electron chi connectivity index (χ0n) is 11.1. The highest BCUT2D eigenvalue weighted by molar-refractivity contribution is 5.63. The van der Waals surface area contributed by atoms with Crippen LogP contribution in [-0.2, 0) is 0 Å². The van der Waals surface area contributed by atoms with Crippen LogP contribution in [0, 0.1) is 23.0 Å². The standard InChI is InChI=1S/C13H21N3O2/c1-9(2)6-11(8-14)15-12-7-10(3)4-5-13(12)16(17)18/h4-5,7,9,11,15H,6,8,14H2,1-3H3. The Morgan fingerprint density at radius 1 is 1.44 bits per heavy atom. The maximum Gasteiger partial charge on any atom is 0.292 e. The van der Waals surface area contributed by atoms with Crippen LogP contribution in [0.5, 0.6) is 0 Å². The average molecular weight is 251 g/mol. The summed E-state index contributed by atoms with van der Waals surface area (Å²) in [4.78, 5) is 10.6. The highest BCUT2D eigenvalue weighted by Crippen LogP contribution is 2.26. The number of benzene rings is 1. The van der Waals surface area contributed by atoms with Gasteiger partial charge in [-0.15, -0.1) is 0 Å². The SMILES string of the molecule is Cc1ccc([N+](=O)[O-])c(NC(CN)CC(C)C)c1. The van der Waals surface area contributed by atoms with E-state index in [2.05, 4.69) is 19.2 Å². The first kappa shape index (κ1) is 14.4. The molecule has 0 radical (unpaired) electrons. The summed E-state index contributed by atoms with van der Waals surface area (Å²) >= 11 is 0. The molecule has 1 aromatic carbocycles. The summed E-state index contributed by atoms with van der Waals surface area (Å²) in [5, 5.41) is 14.1. The molecular weight excluding hydrogens is 230 g/mol. The van der Waals surface area contributed by atoms with Crippen molar-refractivity contribution in [2.75, 3.05) is 11.9 Å². The van der Waals surface area contributed by atoms with Crippen molar-refractivity contribution in [3.05, 3.63) is 33.9 Å². The molecule has 0 aliphatic rings. The molecule has 1 atom stereocenters. The van der Waals surface area contributed by atoms with E-state index in [0.717, 1.165) is 12.0 Å². The lowest BCUT2D eigenvalue weighted by Gasteiger charge is -2.20. The third kappa shape index (κ3) is 4.00. The van der Waals surface area contributed by atoms with E-state index in [1.54, 1.807) is 12.1 Å². The smallest absolute Gasteiger partial charge is 0.292 e. The van der Waals surface area contributed by atoms with Gasteiger partial charge in [0.1, 0.15) is 5.69 Å².